The summed E-state index contributed by atoms with van der Waals surface area (Å²) in [4.78, 5) is 30.6. The lowest BCUT2D eigenvalue weighted by atomic mass is 10.0. The van der Waals surface area contributed by atoms with Crippen molar-refractivity contribution < 1.29 is 9.59 Å². The summed E-state index contributed by atoms with van der Waals surface area (Å²) in [5, 5.41) is 3.45. The fourth-order valence-electron chi connectivity index (χ4n) is 2.35. The van der Waals surface area contributed by atoms with E-state index in [9.17, 15) is 9.59 Å². The van der Waals surface area contributed by atoms with Gasteiger partial charge in [0.25, 0.3) is 5.91 Å². The summed E-state index contributed by atoms with van der Waals surface area (Å²) in [6, 6.07) is 0.163. The van der Waals surface area contributed by atoms with E-state index in [-0.39, 0.29) is 23.8 Å². The number of anilines is 1. The van der Waals surface area contributed by atoms with Crippen LogP contribution in [0, 0.1) is 12.8 Å². The Morgan fingerprint density at radius 1 is 1.38 bits per heavy atom. The molecule has 2 heterocycles. The fourth-order valence-corrected chi connectivity index (χ4v) is 3.16. The average molecular weight is 310 g/mol. The molecule has 0 atom stereocenters. The molecule has 7 heteroatoms. The molecule has 2 amide bonds. The van der Waals surface area contributed by atoms with E-state index >= 15 is 0 Å². The van der Waals surface area contributed by atoms with Crippen LogP contribution in [0.15, 0.2) is 0 Å². The highest BCUT2D eigenvalue weighted by Gasteiger charge is 2.27. The molecule has 0 radical (unpaired) electrons. The molecule has 0 unspecified atom stereocenters. The lowest BCUT2D eigenvalue weighted by Gasteiger charge is -2.32. The Bertz CT molecular complexity index is 533. The summed E-state index contributed by atoms with van der Waals surface area (Å²) in [5.74, 6) is 0.0636. The lowest BCUT2D eigenvalue weighted by Crippen LogP contribution is -2.47. The Kier molecular flexibility index (Phi) is 4.82. The average Bonchev–Trinajstić information content (AvgIpc) is 2.77. The first-order valence-corrected chi connectivity index (χ1v) is 8.02. The molecule has 2 rings (SSSR count). The van der Waals surface area contributed by atoms with Gasteiger partial charge in [0.1, 0.15) is 4.88 Å². The maximum Gasteiger partial charge on any atom is 0.265 e. The number of nitrogens with one attached hydrogen (secondary N) is 1. The highest BCUT2D eigenvalue weighted by Crippen LogP contribution is 2.23. The first-order chi connectivity index (χ1) is 9.88. The first kappa shape index (κ1) is 15.8. The van der Waals surface area contributed by atoms with Gasteiger partial charge in [-0.05, 0) is 19.8 Å². The molecular weight excluding hydrogens is 288 g/mol. The number of nitrogens with two attached hydrogens (primary N) is 1. The Balaban J connectivity index is 1.90. The number of nitrogen functional groups attached to an aromatic ring is 1. The number of hydrogen-bond acceptors (Lipinski definition) is 5. The van der Waals surface area contributed by atoms with Gasteiger partial charge in [-0.15, -0.1) is 0 Å². The number of carbonyl (C=O) groups is 2. The molecule has 21 heavy (non-hydrogen) atoms. The van der Waals surface area contributed by atoms with Gasteiger partial charge in [0.15, 0.2) is 5.13 Å². The predicted molar refractivity (Wildman–Crippen MR) is 83.2 cm³/mol. The zero-order valence-corrected chi connectivity index (χ0v) is 13.5. The minimum absolute atomic E-state index is 0.00432. The highest BCUT2D eigenvalue weighted by molar-refractivity contribution is 7.17. The Labute approximate surface area is 128 Å². The van der Waals surface area contributed by atoms with Crippen molar-refractivity contribution in [1.29, 1.82) is 0 Å². The smallest absolute Gasteiger partial charge is 0.265 e. The van der Waals surface area contributed by atoms with E-state index in [0.717, 1.165) is 12.8 Å². The van der Waals surface area contributed by atoms with Gasteiger partial charge in [-0.2, -0.15) is 0 Å². The van der Waals surface area contributed by atoms with Gasteiger partial charge < -0.3 is 16.0 Å². The second kappa shape index (κ2) is 6.43. The second-order valence-corrected chi connectivity index (χ2v) is 6.73. The van der Waals surface area contributed by atoms with E-state index in [4.69, 9.17) is 5.73 Å². The normalized spacial score (nSPS) is 16.3. The number of likely N-dealkylation sites (tertiary alicyclic amines) is 1. The highest BCUT2D eigenvalue weighted by atomic mass is 32.1. The molecule has 1 aromatic heterocycles. The van der Waals surface area contributed by atoms with E-state index in [1.165, 1.54) is 11.3 Å². The molecule has 1 aliphatic rings. The van der Waals surface area contributed by atoms with Crippen molar-refractivity contribution in [3.05, 3.63) is 10.6 Å². The molecule has 0 bridgehead atoms. The van der Waals surface area contributed by atoms with Crippen LogP contribution < -0.4 is 11.1 Å². The number of amides is 2. The number of rotatable bonds is 3. The van der Waals surface area contributed by atoms with Crippen LogP contribution in [0.2, 0.25) is 0 Å². The molecule has 0 saturated carbocycles. The molecule has 116 valence electrons. The topological polar surface area (TPSA) is 88.3 Å². The minimum Gasteiger partial charge on any atom is -0.375 e. The largest absolute Gasteiger partial charge is 0.375 e. The quantitative estimate of drug-likeness (QED) is 0.883. The molecule has 1 aromatic rings. The summed E-state index contributed by atoms with van der Waals surface area (Å²) in [6.45, 7) is 6.86. The Morgan fingerprint density at radius 3 is 2.48 bits per heavy atom. The SMILES string of the molecule is Cc1nc(N)sc1C(=O)N1CCC(NC(=O)C(C)C)CC1. The van der Waals surface area contributed by atoms with Crippen molar-refractivity contribution in [3.8, 4) is 0 Å². The van der Waals surface area contributed by atoms with Crippen LogP contribution in [-0.4, -0.2) is 40.8 Å². The van der Waals surface area contributed by atoms with Gasteiger partial charge >= 0.3 is 0 Å². The molecule has 0 spiro atoms. The van der Waals surface area contributed by atoms with E-state index < -0.39 is 0 Å². The van der Waals surface area contributed by atoms with Crippen LogP contribution in [0.3, 0.4) is 0 Å². The molecule has 1 aliphatic heterocycles. The third kappa shape index (κ3) is 3.72. The van der Waals surface area contributed by atoms with Crippen molar-refractivity contribution in [3.63, 3.8) is 0 Å². The fraction of sp³-hybridized carbons (Fsp3) is 0.643. The lowest BCUT2D eigenvalue weighted by molar-refractivity contribution is -0.124. The van der Waals surface area contributed by atoms with Crippen molar-refractivity contribution >= 4 is 28.3 Å². The van der Waals surface area contributed by atoms with Crippen LogP contribution in [-0.2, 0) is 4.79 Å². The molecule has 1 saturated heterocycles. The summed E-state index contributed by atoms with van der Waals surface area (Å²) in [5.41, 5.74) is 6.33. The zero-order valence-electron chi connectivity index (χ0n) is 12.7. The molecule has 3 N–H and O–H groups in total. The van der Waals surface area contributed by atoms with Gasteiger partial charge in [-0.25, -0.2) is 4.98 Å². The van der Waals surface area contributed by atoms with Gasteiger partial charge in [-0.3, -0.25) is 9.59 Å². The Hall–Kier alpha value is -1.63. The molecule has 6 nitrogen and oxygen atoms in total. The predicted octanol–water partition coefficient (Wildman–Crippen LogP) is 1.41. The van der Waals surface area contributed by atoms with Crippen molar-refractivity contribution in [2.24, 2.45) is 5.92 Å². The van der Waals surface area contributed by atoms with Gasteiger partial charge in [0, 0.05) is 25.0 Å². The summed E-state index contributed by atoms with van der Waals surface area (Å²) in [7, 11) is 0. The van der Waals surface area contributed by atoms with Crippen LogP contribution in [0.25, 0.3) is 0 Å². The third-order valence-electron chi connectivity index (χ3n) is 3.66. The van der Waals surface area contributed by atoms with E-state index in [0.29, 0.717) is 28.8 Å². The number of hydrogen-bond donors (Lipinski definition) is 2. The third-order valence-corrected chi connectivity index (χ3v) is 4.63. The Morgan fingerprint density at radius 2 is 2.00 bits per heavy atom. The van der Waals surface area contributed by atoms with Crippen molar-refractivity contribution in [2.45, 2.75) is 39.7 Å². The summed E-state index contributed by atoms with van der Waals surface area (Å²) in [6.07, 6.45) is 1.58. The number of thiazole rings is 1. The van der Waals surface area contributed by atoms with Gasteiger partial charge in [0.05, 0.1) is 5.69 Å². The maximum atomic E-state index is 12.4. The maximum absolute atomic E-state index is 12.4. The van der Waals surface area contributed by atoms with E-state index in [1.807, 2.05) is 18.7 Å². The summed E-state index contributed by atoms with van der Waals surface area (Å²) >= 11 is 1.24. The van der Waals surface area contributed by atoms with Gasteiger partial charge in [-0.1, -0.05) is 25.2 Å². The van der Waals surface area contributed by atoms with E-state index in [2.05, 4.69) is 10.3 Å². The first-order valence-electron chi connectivity index (χ1n) is 7.21. The number of piperidine rings is 1. The number of carbonyl (C=O) groups excluding carboxylic acids is 2. The summed E-state index contributed by atoms with van der Waals surface area (Å²) < 4.78 is 0. The molecule has 1 fully saturated rings. The molecular formula is C14H22N4O2S. The van der Waals surface area contributed by atoms with Crippen LogP contribution >= 0.6 is 11.3 Å². The van der Waals surface area contributed by atoms with Crippen molar-refractivity contribution in [1.82, 2.24) is 15.2 Å². The monoisotopic (exact) mass is 310 g/mol. The molecule has 0 aromatic carbocycles. The van der Waals surface area contributed by atoms with Gasteiger partial charge in [0.2, 0.25) is 5.91 Å². The van der Waals surface area contributed by atoms with E-state index in [1.54, 1.807) is 6.92 Å². The zero-order chi connectivity index (χ0) is 15.6. The standard InChI is InChI=1S/C14H22N4O2S/c1-8(2)12(19)17-10-4-6-18(7-5-10)13(20)11-9(3)16-14(15)21-11/h8,10H,4-7H2,1-3H3,(H2,15,16)(H,17,19). The second-order valence-electron chi connectivity index (χ2n) is 5.70. The van der Waals surface area contributed by atoms with Crippen LogP contribution in [0.5, 0.6) is 0 Å². The van der Waals surface area contributed by atoms with Crippen LogP contribution in [0.1, 0.15) is 42.1 Å². The number of nitrogens with zero attached hydrogens (tertiary/aromatic N) is 2. The number of aromatic nitrogens is 1. The number of aryl methyl sites for hydroxylation is 1. The molecule has 0 aliphatic carbocycles. The van der Waals surface area contributed by atoms with Crippen molar-refractivity contribution in [2.75, 3.05) is 18.8 Å². The van der Waals surface area contributed by atoms with Crippen LogP contribution in [0.4, 0.5) is 5.13 Å². The minimum atomic E-state index is -0.00696.